The number of halogens is 1. The lowest BCUT2D eigenvalue weighted by atomic mass is 9.95. The van der Waals surface area contributed by atoms with Crippen LogP contribution in [0.4, 0.5) is 0 Å². The first-order valence-electron chi connectivity index (χ1n) is 10.7. The van der Waals surface area contributed by atoms with E-state index in [0.717, 1.165) is 5.56 Å². The second-order valence-electron chi connectivity index (χ2n) is 8.12. The SMILES string of the molecule is COc1cc(-c2cc(C(=O)N3CCC(C(=O)NC(C)c4cnn(C)c4)CC3)n[nH]2)c(Cl)cn1. The van der Waals surface area contributed by atoms with Gasteiger partial charge < -0.3 is 15.0 Å². The first kappa shape index (κ1) is 22.8. The molecule has 11 heteroatoms. The molecule has 174 valence electrons. The molecule has 0 spiro atoms. The van der Waals surface area contributed by atoms with Crippen molar-refractivity contribution in [1.82, 2.24) is 35.2 Å². The number of likely N-dealkylation sites (tertiary alicyclic amines) is 1. The van der Waals surface area contributed by atoms with Crippen molar-refractivity contribution < 1.29 is 14.3 Å². The van der Waals surface area contributed by atoms with E-state index in [-0.39, 0.29) is 23.8 Å². The molecule has 1 fully saturated rings. The molecule has 4 rings (SSSR count). The van der Waals surface area contributed by atoms with Crippen molar-refractivity contribution in [1.29, 1.82) is 0 Å². The molecular weight excluding hydrogens is 446 g/mol. The Balaban J connectivity index is 1.35. The molecule has 2 amide bonds. The standard InChI is InChI=1S/C22H26ClN7O3/c1-13(15-10-25-29(2)12-15)26-21(31)14-4-6-30(7-5-14)22(32)19-9-18(27-28-19)16-8-20(33-3)24-11-17(16)23/h8-14H,4-7H2,1-3H3,(H,26,31)(H,27,28). The van der Waals surface area contributed by atoms with Crippen molar-refractivity contribution in [3.05, 3.63) is 47.0 Å². The highest BCUT2D eigenvalue weighted by Crippen LogP contribution is 2.29. The molecule has 1 saturated heterocycles. The molecule has 33 heavy (non-hydrogen) atoms. The summed E-state index contributed by atoms with van der Waals surface area (Å²) in [4.78, 5) is 31.4. The van der Waals surface area contributed by atoms with Crippen LogP contribution in [0.1, 0.15) is 41.9 Å². The van der Waals surface area contributed by atoms with Crippen molar-refractivity contribution in [3.8, 4) is 17.1 Å². The third-order valence-corrected chi connectivity index (χ3v) is 6.16. The number of nitrogens with zero attached hydrogens (tertiary/aromatic N) is 5. The molecule has 1 aliphatic heterocycles. The Morgan fingerprint density at radius 3 is 2.70 bits per heavy atom. The first-order valence-corrected chi connectivity index (χ1v) is 11.1. The quantitative estimate of drug-likeness (QED) is 0.570. The average Bonchev–Trinajstić information content (AvgIpc) is 3.48. The minimum atomic E-state index is -0.183. The largest absolute Gasteiger partial charge is 0.481 e. The van der Waals surface area contributed by atoms with Gasteiger partial charge >= 0.3 is 0 Å². The van der Waals surface area contributed by atoms with Gasteiger partial charge in [-0.3, -0.25) is 19.4 Å². The Labute approximate surface area is 196 Å². The molecule has 0 bridgehead atoms. The predicted octanol–water partition coefficient (Wildman–Crippen LogP) is 2.60. The number of piperidine rings is 1. The second kappa shape index (κ2) is 9.62. The third kappa shape index (κ3) is 5.00. The lowest BCUT2D eigenvalue weighted by Gasteiger charge is -2.31. The summed E-state index contributed by atoms with van der Waals surface area (Å²) in [5.41, 5.74) is 2.50. The van der Waals surface area contributed by atoms with Gasteiger partial charge in [-0.1, -0.05) is 11.6 Å². The lowest BCUT2D eigenvalue weighted by molar-refractivity contribution is -0.127. The maximum absolute atomic E-state index is 13.0. The van der Waals surface area contributed by atoms with Crippen LogP contribution in [-0.4, -0.2) is 61.9 Å². The maximum Gasteiger partial charge on any atom is 0.274 e. The number of methoxy groups -OCH3 is 1. The number of nitrogens with one attached hydrogen (secondary N) is 2. The van der Waals surface area contributed by atoms with Gasteiger partial charge in [-0.2, -0.15) is 10.2 Å². The zero-order valence-corrected chi connectivity index (χ0v) is 19.5. The van der Waals surface area contributed by atoms with Crippen LogP contribution in [0.25, 0.3) is 11.3 Å². The van der Waals surface area contributed by atoms with Crippen molar-refractivity contribution in [3.63, 3.8) is 0 Å². The average molecular weight is 472 g/mol. The maximum atomic E-state index is 13.0. The number of hydrogen-bond donors (Lipinski definition) is 2. The number of carbonyl (C=O) groups excluding carboxylic acids is 2. The number of hydrogen-bond acceptors (Lipinski definition) is 6. The van der Waals surface area contributed by atoms with Crippen LogP contribution in [0.5, 0.6) is 5.88 Å². The number of ether oxygens (including phenoxy) is 1. The van der Waals surface area contributed by atoms with Gasteiger partial charge in [0.2, 0.25) is 11.8 Å². The molecule has 3 aromatic rings. The van der Waals surface area contributed by atoms with E-state index in [4.69, 9.17) is 16.3 Å². The summed E-state index contributed by atoms with van der Waals surface area (Å²) < 4.78 is 6.85. The van der Waals surface area contributed by atoms with E-state index >= 15 is 0 Å². The smallest absolute Gasteiger partial charge is 0.274 e. The normalized spacial score (nSPS) is 15.3. The number of pyridine rings is 1. The van der Waals surface area contributed by atoms with Crippen molar-refractivity contribution in [2.24, 2.45) is 13.0 Å². The Hall–Kier alpha value is -3.40. The zero-order valence-electron chi connectivity index (χ0n) is 18.7. The number of amides is 2. The number of aromatic amines is 1. The van der Waals surface area contributed by atoms with E-state index in [2.05, 4.69) is 25.6 Å². The molecule has 3 aromatic heterocycles. The zero-order chi connectivity index (χ0) is 23.5. The summed E-state index contributed by atoms with van der Waals surface area (Å²) in [7, 11) is 3.36. The number of H-pyrrole nitrogens is 1. The van der Waals surface area contributed by atoms with Gasteiger partial charge in [-0.05, 0) is 25.8 Å². The minimum absolute atomic E-state index is 0.00165. The summed E-state index contributed by atoms with van der Waals surface area (Å²) in [5, 5.41) is 14.7. The van der Waals surface area contributed by atoms with Crippen LogP contribution < -0.4 is 10.1 Å². The van der Waals surface area contributed by atoms with Crippen LogP contribution in [-0.2, 0) is 11.8 Å². The van der Waals surface area contributed by atoms with E-state index in [0.29, 0.717) is 53.8 Å². The molecule has 1 atom stereocenters. The summed E-state index contributed by atoms with van der Waals surface area (Å²) in [6.45, 7) is 2.92. The summed E-state index contributed by atoms with van der Waals surface area (Å²) in [6.07, 6.45) is 6.33. The van der Waals surface area contributed by atoms with Crippen molar-refractivity contribution in [2.45, 2.75) is 25.8 Å². The highest BCUT2D eigenvalue weighted by Gasteiger charge is 2.29. The second-order valence-corrected chi connectivity index (χ2v) is 8.52. The van der Waals surface area contributed by atoms with Gasteiger partial charge in [0.15, 0.2) is 5.69 Å². The number of rotatable bonds is 6. The molecule has 1 unspecified atom stereocenters. The number of aromatic nitrogens is 5. The van der Waals surface area contributed by atoms with E-state index in [1.807, 2.05) is 20.2 Å². The van der Waals surface area contributed by atoms with Gasteiger partial charge in [0.25, 0.3) is 5.91 Å². The monoisotopic (exact) mass is 471 g/mol. The van der Waals surface area contributed by atoms with Gasteiger partial charge in [0.1, 0.15) is 0 Å². The first-order chi connectivity index (χ1) is 15.9. The molecule has 0 aromatic carbocycles. The molecule has 1 aliphatic rings. The van der Waals surface area contributed by atoms with Crippen molar-refractivity contribution in [2.75, 3.05) is 20.2 Å². The third-order valence-electron chi connectivity index (χ3n) is 5.86. The van der Waals surface area contributed by atoms with Gasteiger partial charge in [0.05, 0.1) is 36.3 Å². The predicted molar refractivity (Wildman–Crippen MR) is 122 cm³/mol. The lowest BCUT2D eigenvalue weighted by Crippen LogP contribution is -2.43. The molecule has 0 saturated carbocycles. The summed E-state index contributed by atoms with van der Waals surface area (Å²) in [6, 6.07) is 3.23. The summed E-state index contributed by atoms with van der Waals surface area (Å²) >= 11 is 6.24. The Bertz CT molecular complexity index is 1150. The molecular formula is C22H26ClN7O3. The Morgan fingerprint density at radius 2 is 2.03 bits per heavy atom. The van der Waals surface area contributed by atoms with Gasteiger partial charge in [-0.15, -0.1) is 0 Å². The topological polar surface area (TPSA) is 118 Å². The number of carbonyl (C=O) groups is 2. The van der Waals surface area contributed by atoms with Crippen LogP contribution in [0.15, 0.2) is 30.7 Å². The van der Waals surface area contributed by atoms with Gasteiger partial charge in [-0.25, -0.2) is 4.98 Å². The van der Waals surface area contributed by atoms with Crippen LogP contribution in [0, 0.1) is 5.92 Å². The van der Waals surface area contributed by atoms with E-state index < -0.39 is 0 Å². The Kier molecular flexibility index (Phi) is 6.64. The molecule has 4 heterocycles. The highest BCUT2D eigenvalue weighted by molar-refractivity contribution is 6.33. The Morgan fingerprint density at radius 1 is 1.27 bits per heavy atom. The fourth-order valence-corrected chi connectivity index (χ4v) is 4.10. The van der Waals surface area contributed by atoms with Crippen LogP contribution >= 0.6 is 11.6 Å². The van der Waals surface area contributed by atoms with Gasteiger partial charge in [0, 0.05) is 49.4 Å². The molecule has 2 N–H and O–H groups in total. The molecule has 0 aliphatic carbocycles. The summed E-state index contributed by atoms with van der Waals surface area (Å²) in [5.74, 6) is 0.0973. The number of aryl methyl sites for hydroxylation is 1. The van der Waals surface area contributed by atoms with E-state index in [1.165, 1.54) is 13.3 Å². The van der Waals surface area contributed by atoms with Crippen LogP contribution in [0.3, 0.4) is 0 Å². The van der Waals surface area contributed by atoms with E-state index in [9.17, 15) is 9.59 Å². The fraction of sp³-hybridized carbons (Fsp3) is 0.409. The van der Waals surface area contributed by atoms with Crippen molar-refractivity contribution >= 4 is 23.4 Å². The fourth-order valence-electron chi connectivity index (χ4n) is 3.89. The van der Waals surface area contributed by atoms with E-state index in [1.54, 1.807) is 27.9 Å². The minimum Gasteiger partial charge on any atom is -0.481 e. The van der Waals surface area contributed by atoms with Crippen LogP contribution in [0.2, 0.25) is 5.02 Å². The highest BCUT2D eigenvalue weighted by atomic mass is 35.5. The molecule has 0 radical (unpaired) electrons. The molecule has 10 nitrogen and oxygen atoms in total.